The molecule has 0 radical (unpaired) electrons. The van der Waals surface area contributed by atoms with Crippen molar-refractivity contribution < 1.29 is 24.5 Å². The van der Waals surface area contributed by atoms with E-state index in [4.69, 9.17) is 15.2 Å². The van der Waals surface area contributed by atoms with Gasteiger partial charge in [-0.3, -0.25) is 4.79 Å². The third-order valence-electron chi connectivity index (χ3n) is 3.32. The second-order valence-corrected chi connectivity index (χ2v) is 4.64. The van der Waals surface area contributed by atoms with E-state index in [0.717, 1.165) is 0 Å². The van der Waals surface area contributed by atoms with Gasteiger partial charge in [-0.1, -0.05) is 0 Å². The first-order valence-corrected chi connectivity index (χ1v) is 5.91. The van der Waals surface area contributed by atoms with Gasteiger partial charge in [-0.25, -0.2) is 0 Å². The zero-order valence-corrected chi connectivity index (χ0v) is 10.1. The van der Waals surface area contributed by atoms with Crippen LogP contribution in [0, 0.1) is 0 Å². The number of aliphatic hydroxyl groups is 2. The lowest BCUT2D eigenvalue weighted by Gasteiger charge is -2.16. The zero-order chi connectivity index (χ0) is 13.6. The monoisotopic (exact) mass is 266 g/mol. The third kappa shape index (κ3) is 1.96. The lowest BCUT2D eigenvalue weighted by Crippen LogP contribution is -2.30. The molecule has 2 aliphatic heterocycles. The molecule has 1 aromatic carbocycles. The van der Waals surface area contributed by atoms with Crippen LogP contribution < -0.4 is 15.2 Å². The van der Waals surface area contributed by atoms with E-state index in [1.54, 1.807) is 6.07 Å². The van der Waals surface area contributed by atoms with Crippen LogP contribution in [-0.4, -0.2) is 53.1 Å². The number of nitrogens with two attached hydrogens (primary N) is 1. The lowest BCUT2D eigenvalue weighted by molar-refractivity contribution is 0.0572. The average molecular weight is 266 g/mol. The number of hydrogen-bond acceptors (Lipinski definition) is 6. The molecule has 0 spiro atoms. The van der Waals surface area contributed by atoms with E-state index < -0.39 is 12.2 Å². The molecule has 2 atom stereocenters. The number of aliphatic hydroxyl groups excluding tert-OH is 2. The van der Waals surface area contributed by atoms with Gasteiger partial charge >= 0.3 is 0 Å². The van der Waals surface area contributed by atoms with Crippen molar-refractivity contribution in [2.24, 2.45) is 0 Å². The Hall–Kier alpha value is -1.99. The Bertz CT molecular complexity index is 523. The molecule has 7 nitrogen and oxygen atoms in total. The summed E-state index contributed by atoms with van der Waals surface area (Å²) in [5, 5.41) is 18.9. The number of anilines is 1. The van der Waals surface area contributed by atoms with E-state index in [-0.39, 0.29) is 37.0 Å². The van der Waals surface area contributed by atoms with Crippen LogP contribution >= 0.6 is 0 Å². The summed E-state index contributed by atoms with van der Waals surface area (Å²) in [5.41, 5.74) is 6.39. The Morgan fingerprint density at radius 2 is 1.79 bits per heavy atom. The Morgan fingerprint density at radius 3 is 2.42 bits per heavy atom. The van der Waals surface area contributed by atoms with Crippen molar-refractivity contribution in [1.29, 1.82) is 0 Å². The van der Waals surface area contributed by atoms with E-state index in [1.807, 2.05) is 0 Å². The van der Waals surface area contributed by atoms with Gasteiger partial charge in [0.05, 0.1) is 17.8 Å². The molecule has 1 aromatic rings. The van der Waals surface area contributed by atoms with Crippen LogP contribution in [0.5, 0.6) is 11.5 Å². The van der Waals surface area contributed by atoms with Crippen LogP contribution in [0.25, 0.3) is 0 Å². The number of hydrogen-bond donors (Lipinski definition) is 3. The number of amides is 1. The summed E-state index contributed by atoms with van der Waals surface area (Å²) in [6, 6.07) is 3.07. The summed E-state index contributed by atoms with van der Waals surface area (Å²) < 4.78 is 10.4. The minimum Gasteiger partial charge on any atom is -0.454 e. The summed E-state index contributed by atoms with van der Waals surface area (Å²) >= 11 is 0. The van der Waals surface area contributed by atoms with Gasteiger partial charge in [0.1, 0.15) is 0 Å². The highest BCUT2D eigenvalue weighted by atomic mass is 16.7. The quantitative estimate of drug-likeness (QED) is 0.573. The van der Waals surface area contributed by atoms with Crippen LogP contribution in [0.1, 0.15) is 10.4 Å². The standard InChI is InChI=1S/C12H14N2O5/c13-7-2-11-10(18-5-19-11)1-6(7)12(17)14-3-8(15)9(16)4-14/h1-2,8-9,15-16H,3-5,13H2/t8-,9+. The summed E-state index contributed by atoms with van der Waals surface area (Å²) in [6.45, 7) is 0.287. The number of nitrogens with zero attached hydrogens (tertiary/aromatic N) is 1. The molecule has 4 N–H and O–H groups in total. The third-order valence-corrected chi connectivity index (χ3v) is 3.32. The van der Waals surface area contributed by atoms with Crippen LogP contribution in [0.2, 0.25) is 0 Å². The van der Waals surface area contributed by atoms with Gasteiger partial charge in [-0.05, 0) is 6.07 Å². The van der Waals surface area contributed by atoms with Gasteiger partial charge in [-0.2, -0.15) is 0 Å². The number of rotatable bonds is 1. The Kier molecular flexibility index (Phi) is 2.72. The first-order valence-electron chi connectivity index (χ1n) is 5.91. The van der Waals surface area contributed by atoms with Crippen LogP contribution in [-0.2, 0) is 0 Å². The van der Waals surface area contributed by atoms with Crippen molar-refractivity contribution in [2.75, 3.05) is 25.6 Å². The Balaban J connectivity index is 1.88. The van der Waals surface area contributed by atoms with E-state index in [1.165, 1.54) is 11.0 Å². The molecule has 19 heavy (non-hydrogen) atoms. The van der Waals surface area contributed by atoms with Crippen molar-refractivity contribution in [3.05, 3.63) is 17.7 Å². The predicted molar refractivity (Wildman–Crippen MR) is 64.9 cm³/mol. The van der Waals surface area contributed by atoms with Crippen molar-refractivity contribution in [1.82, 2.24) is 4.90 Å². The van der Waals surface area contributed by atoms with Crippen LogP contribution in [0.3, 0.4) is 0 Å². The maximum Gasteiger partial charge on any atom is 0.256 e. The molecule has 2 heterocycles. The number of carbonyl (C=O) groups is 1. The lowest BCUT2D eigenvalue weighted by atomic mass is 10.1. The Morgan fingerprint density at radius 1 is 1.21 bits per heavy atom. The zero-order valence-electron chi connectivity index (χ0n) is 10.1. The molecule has 1 saturated heterocycles. The second-order valence-electron chi connectivity index (χ2n) is 4.64. The van der Waals surface area contributed by atoms with Gasteiger partial charge in [0.15, 0.2) is 11.5 Å². The van der Waals surface area contributed by atoms with Gasteiger partial charge < -0.3 is 30.3 Å². The second kappa shape index (κ2) is 4.29. The number of ether oxygens (including phenoxy) is 2. The fourth-order valence-corrected chi connectivity index (χ4v) is 2.25. The van der Waals surface area contributed by atoms with Crippen molar-refractivity contribution in [2.45, 2.75) is 12.2 Å². The van der Waals surface area contributed by atoms with E-state index in [0.29, 0.717) is 11.5 Å². The summed E-state index contributed by atoms with van der Waals surface area (Å²) in [7, 11) is 0. The fraction of sp³-hybridized carbons (Fsp3) is 0.417. The molecular formula is C12H14N2O5. The molecule has 1 fully saturated rings. The van der Waals surface area contributed by atoms with Crippen molar-refractivity contribution in [3.63, 3.8) is 0 Å². The first kappa shape index (κ1) is 12.1. The topological polar surface area (TPSA) is 105 Å². The predicted octanol–water partition coefficient (Wildman–Crippen LogP) is -0.825. The SMILES string of the molecule is Nc1cc2c(cc1C(=O)N1C[C@@H](O)[C@@H](O)C1)OCO2. The summed E-state index contributed by atoms with van der Waals surface area (Å²) in [6.07, 6.45) is -1.83. The minimum atomic E-state index is -0.917. The molecular weight excluding hydrogens is 252 g/mol. The van der Waals surface area contributed by atoms with Gasteiger partial charge in [0.2, 0.25) is 6.79 Å². The largest absolute Gasteiger partial charge is 0.454 e. The number of β-amino-alcohol motifs (C(OH)–C–C–N with tert-alkyl or cyclic N) is 2. The maximum atomic E-state index is 12.3. The van der Waals surface area contributed by atoms with Crippen LogP contribution in [0.4, 0.5) is 5.69 Å². The van der Waals surface area contributed by atoms with Gasteiger partial charge in [0, 0.05) is 24.8 Å². The number of likely N-dealkylation sites (tertiary alicyclic amines) is 1. The van der Waals surface area contributed by atoms with E-state index in [9.17, 15) is 15.0 Å². The summed E-state index contributed by atoms with van der Waals surface area (Å²) in [4.78, 5) is 13.7. The number of nitrogen functional groups attached to an aromatic ring is 1. The smallest absolute Gasteiger partial charge is 0.256 e. The average Bonchev–Trinajstić information content (AvgIpc) is 2.94. The highest BCUT2D eigenvalue weighted by molar-refractivity contribution is 6.00. The minimum absolute atomic E-state index is 0.0912. The fourth-order valence-electron chi connectivity index (χ4n) is 2.25. The molecule has 1 amide bonds. The number of benzene rings is 1. The molecule has 102 valence electrons. The van der Waals surface area contributed by atoms with Crippen molar-refractivity contribution >= 4 is 11.6 Å². The van der Waals surface area contributed by atoms with E-state index >= 15 is 0 Å². The maximum absolute atomic E-state index is 12.3. The van der Waals surface area contributed by atoms with Gasteiger partial charge in [-0.15, -0.1) is 0 Å². The summed E-state index contributed by atoms with van der Waals surface area (Å²) in [5.74, 6) is 0.639. The van der Waals surface area contributed by atoms with Gasteiger partial charge in [0.25, 0.3) is 5.91 Å². The van der Waals surface area contributed by atoms with Crippen LogP contribution in [0.15, 0.2) is 12.1 Å². The Labute approximate surface area is 109 Å². The molecule has 3 rings (SSSR count). The van der Waals surface area contributed by atoms with E-state index in [2.05, 4.69) is 0 Å². The molecule has 0 unspecified atom stereocenters. The first-order chi connectivity index (χ1) is 9.06. The highest BCUT2D eigenvalue weighted by Gasteiger charge is 2.34. The molecule has 7 heteroatoms. The molecule has 0 bridgehead atoms. The normalized spacial score (nSPS) is 24.8. The molecule has 0 saturated carbocycles. The molecule has 2 aliphatic rings. The van der Waals surface area contributed by atoms with Crippen molar-refractivity contribution in [3.8, 4) is 11.5 Å². The molecule has 0 aliphatic carbocycles. The molecule has 0 aromatic heterocycles. The number of carbonyl (C=O) groups excluding carboxylic acids is 1. The highest BCUT2D eigenvalue weighted by Crippen LogP contribution is 2.36. The number of fused-ring (bicyclic) bond motifs is 1.